The molecule has 0 aliphatic rings. The van der Waals surface area contributed by atoms with Gasteiger partial charge in [0.1, 0.15) is 5.82 Å². The van der Waals surface area contributed by atoms with Gasteiger partial charge in [-0.2, -0.15) is 0 Å². The Hall–Kier alpha value is -0.710. The maximum atomic E-state index is 13.5. The summed E-state index contributed by atoms with van der Waals surface area (Å²) in [6.45, 7) is 0.907. The van der Waals surface area contributed by atoms with Crippen LogP contribution >= 0.6 is 31.9 Å². The molecule has 1 atom stereocenters. The van der Waals surface area contributed by atoms with Gasteiger partial charge in [0.15, 0.2) is 0 Å². The Morgan fingerprint density at radius 2 is 1.62 bits per heavy atom. The largest absolute Gasteiger partial charge is 0.319 e. The molecule has 0 heterocycles. The zero-order chi connectivity index (χ0) is 15.2. The van der Waals surface area contributed by atoms with Gasteiger partial charge in [-0.1, -0.05) is 44.0 Å². The van der Waals surface area contributed by atoms with Crippen LogP contribution in [0.2, 0.25) is 0 Å². The van der Waals surface area contributed by atoms with Gasteiger partial charge in [0, 0.05) is 8.95 Å². The fraction of sp³-hybridized carbons (Fsp3) is 0.294. The van der Waals surface area contributed by atoms with Crippen LogP contribution in [-0.2, 0) is 12.8 Å². The van der Waals surface area contributed by atoms with E-state index in [1.54, 1.807) is 6.07 Å². The van der Waals surface area contributed by atoms with Crippen molar-refractivity contribution in [1.82, 2.24) is 5.32 Å². The van der Waals surface area contributed by atoms with E-state index in [9.17, 15) is 4.39 Å². The van der Waals surface area contributed by atoms with Crippen molar-refractivity contribution in [2.75, 3.05) is 13.6 Å². The number of hydrogen-bond acceptors (Lipinski definition) is 1. The Morgan fingerprint density at radius 3 is 2.24 bits per heavy atom. The minimum Gasteiger partial charge on any atom is -0.319 e. The second kappa shape index (κ2) is 8.06. The highest BCUT2D eigenvalue weighted by molar-refractivity contribution is 9.10. The van der Waals surface area contributed by atoms with Gasteiger partial charge in [-0.25, -0.2) is 4.39 Å². The van der Waals surface area contributed by atoms with Crippen molar-refractivity contribution < 1.29 is 4.39 Å². The van der Waals surface area contributed by atoms with E-state index in [0.717, 1.165) is 33.9 Å². The Morgan fingerprint density at radius 1 is 0.952 bits per heavy atom. The summed E-state index contributed by atoms with van der Waals surface area (Å²) < 4.78 is 15.4. The minimum atomic E-state index is -0.189. The van der Waals surface area contributed by atoms with Crippen molar-refractivity contribution in [2.24, 2.45) is 5.92 Å². The fourth-order valence-electron chi connectivity index (χ4n) is 2.52. The van der Waals surface area contributed by atoms with Crippen molar-refractivity contribution in [3.8, 4) is 0 Å². The van der Waals surface area contributed by atoms with Crippen molar-refractivity contribution in [3.63, 3.8) is 0 Å². The maximum absolute atomic E-state index is 13.5. The van der Waals surface area contributed by atoms with Crippen molar-refractivity contribution in [2.45, 2.75) is 12.8 Å². The Kier molecular flexibility index (Phi) is 6.40. The Bertz CT molecular complexity index is 564. The maximum Gasteiger partial charge on any atom is 0.124 e. The average Bonchev–Trinajstić information content (AvgIpc) is 2.40. The molecule has 0 aliphatic carbocycles. The fourth-order valence-corrected chi connectivity index (χ4v) is 3.30. The monoisotopic (exact) mass is 413 g/mol. The summed E-state index contributed by atoms with van der Waals surface area (Å²) >= 11 is 6.81. The third kappa shape index (κ3) is 5.53. The summed E-state index contributed by atoms with van der Waals surface area (Å²) in [7, 11) is 1.95. The number of hydrogen-bond donors (Lipinski definition) is 1. The molecule has 0 saturated carbocycles. The highest BCUT2D eigenvalue weighted by atomic mass is 79.9. The van der Waals surface area contributed by atoms with E-state index in [4.69, 9.17) is 0 Å². The van der Waals surface area contributed by atoms with Crippen molar-refractivity contribution >= 4 is 31.9 Å². The van der Waals surface area contributed by atoms with E-state index >= 15 is 0 Å². The van der Waals surface area contributed by atoms with Gasteiger partial charge in [0.05, 0.1) is 0 Å². The molecule has 4 heteroatoms. The van der Waals surface area contributed by atoms with Gasteiger partial charge < -0.3 is 5.32 Å². The molecule has 0 radical (unpaired) electrons. The van der Waals surface area contributed by atoms with Gasteiger partial charge in [0.25, 0.3) is 0 Å². The second-order valence-corrected chi connectivity index (χ2v) is 7.07. The quantitative estimate of drug-likeness (QED) is 0.703. The van der Waals surface area contributed by atoms with E-state index in [1.807, 2.05) is 13.1 Å². The molecular weight excluding hydrogens is 397 g/mol. The number of rotatable bonds is 6. The highest BCUT2D eigenvalue weighted by Gasteiger charge is 2.11. The van der Waals surface area contributed by atoms with Crippen LogP contribution in [0.1, 0.15) is 11.1 Å². The summed E-state index contributed by atoms with van der Waals surface area (Å²) in [4.78, 5) is 0. The van der Waals surface area contributed by atoms with Gasteiger partial charge >= 0.3 is 0 Å². The lowest BCUT2D eigenvalue weighted by Gasteiger charge is -2.17. The topological polar surface area (TPSA) is 12.0 Å². The molecule has 0 aromatic heterocycles. The smallest absolute Gasteiger partial charge is 0.124 e. The first-order valence-electron chi connectivity index (χ1n) is 6.91. The first-order valence-corrected chi connectivity index (χ1v) is 8.49. The van der Waals surface area contributed by atoms with E-state index in [0.29, 0.717) is 5.92 Å². The summed E-state index contributed by atoms with van der Waals surface area (Å²) in [6, 6.07) is 13.5. The van der Waals surface area contributed by atoms with Gasteiger partial charge in [-0.3, -0.25) is 0 Å². The lowest BCUT2D eigenvalue weighted by Crippen LogP contribution is -2.22. The molecule has 1 unspecified atom stereocenters. The van der Waals surface area contributed by atoms with Gasteiger partial charge in [0.2, 0.25) is 0 Å². The Labute approximate surface area is 142 Å². The van der Waals surface area contributed by atoms with Crippen molar-refractivity contribution in [1.29, 1.82) is 0 Å². The molecule has 2 rings (SSSR count). The van der Waals surface area contributed by atoms with Crippen LogP contribution < -0.4 is 5.32 Å². The molecule has 112 valence electrons. The molecule has 21 heavy (non-hydrogen) atoms. The third-order valence-corrected chi connectivity index (χ3v) is 4.36. The van der Waals surface area contributed by atoms with Crippen molar-refractivity contribution in [3.05, 3.63) is 68.4 Å². The Balaban J connectivity index is 2.09. The van der Waals surface area contributed by atoms with E-state index in [2.05, 4.69) is 61.4 Å². The SMILES string of the molecule is CNCC(Cc1ccc(Br)cc1)Cc1cc(F)cc(Br)c1. The van der Waals surface area contributed by atoms with Crippen LogP contribution in [0.5, 0.6) is 0 Å². The first kappa shape index (κ1) is 16.7. The standard InChI is InChI=1S/C17H18Br2FN/c1-21-11-14(6-12-2-4-15(18)5-3-12)7-13-8-16(19)10-17(20)9-13/h2-5,8-10,14,21H,6-7,11H2,1H3. The molecular formula is C17H18Br2FN. The molecule has 2 aromatic rings. The predicted molar refractivity (Wildman–Crippen MR) is 93.1 cm³/mol. The summed E-state index contributed by atoms with van der Waals surface area (Å²) in [5.74, 6) is 0.246. The summed E-state index contributed by atoms with van der Waals surface area (Å²) in [5.41, 5.74) is 2.33. The van der Waals surface area contributed by atoms with E-state index in [1.165, 1.54) is 11.6 Å². The van der Waals surface area contributed by atoms with E-state index < -0.39 is 0 Å². The molecule has 1 nitrogen and oxygen atoms in total. The molecule has 0 fully saturated rings. The molecule has 0 aliphatic heterocycles. The average molecular weight is 415 g/mol. The summed E-state index contributed by atoms with van der Waals surface area (Å²) in [6.07, 6.45) is 1.83. The summed E-state index contributed by atoms with van der Waals surface area (Å²) in [5, 5.41) is 3.23. The lowest BCUT2D eigenvalue weighted by atomic mass is 9.92. The molecule has 2 aromatic carbocycles. The molecule has 0 amide bonds. The number of nitrogens with one attached hydrogen (secondary N) is 1. The third-order valence-electron chi connectivity index (χ3n) is 3.38. The highest BCUT2D eigenvalue weighted by Crippen LogP contribution is 2.20. The van der Waals surface area contributed by atoms with Crippen LogP contribution in [0.4, 0.5) is 4.39 Å². The number of halogens is 3. The first-order chi connectivity index (χ1) is 10.1. The van der Waals surface area contributed by atoms with Crippen LogP contribution in [0, 0.1) is 11.7 Å². The molecule has 0 saturated heterocycles. The molecule has 0 spiro atoms. The normalized spacial score (nSPS) is 12.4. The van der Waals surface area contributed by atoms with Crippen LogP contribution in [0.25, 0.3) is 0 Å². The predicted octanol–water partition coefficient (Wildman–Crippen LogP) is 4.97. The zero-order valence-corrected chi connectivity index (χ0v) is 15.0. The van der Waals surface area contributed by atoms with E-state index in [-0.39, 0.29) is 5.82 Å². The van der Waals surface area contributed by atoms with Gasteiger partial charge in [-0.05, 0) is 73.8 Å². The zero-order valence-electron chi connectivity index (χ0n) is 11.9. The van der Waals surface area contributed by atoms with Gasteiger partial charge in [-0.15, -0.1) is 0 Å². The minimum absolute atomic E-state index is 0.189. The lowest BCUT2D eigenvalue weighted by molar-refractivity contribution is 0.491. The number of benzene rings is 2. The van der Waals surface area contributed by atoms with Crippen LogP contribution in [0.3, 0.4) is 0 Å². The van der Waals surface area contributed by atoms with Crippen LogP contribution in [-0.4, -0.2) is 13.6 Å². The van der Waals surface area contributed by atoms with Crippen LogP contribution in [0.15, 0.2) is 51.4 Å². The molecule has 0 bridgehead atoms. The second-order valence-electron chi connectivity index (χ2n) is 5.24. The molecule has 1 N–H and O–H groups in total.